The van der Waals surface area contributed by atoms with Crippen molar-refractivity contribution in [2.75, 3.05) is 17.9 Å². The van der Waals surface area contributed by atoms with E-state index in [0.717, 1.165) is 23.1 Å². The Morgan fingerprint density at radius 3 is 2.10 bits per heavy atom. The molecule has 0 aliphatic rings. The van der Waals surface area contributed by atoms with E-state index in [2.05, 4.69) is 5.32 Å². The summed E-state index contributed by atoms with van der Waals surface area (Å²) in [5.74, 6) is -1.39. The fraction of sp³-hybridized carbons (Fsp3) is 0.259. The van der Waals surface area contributed by atoms with Crippen molar-refractivity contribution in [1.82, 2.24) is 10.2 Å². The van der Waals surface area contributed by atoms with Gasteiger partial charge >= 0.3 is 6.18 Å². The SMILES string of the molecule is CCC(C(=O)NC)N(Cc1c(Cl)cccc1Cl)C(=O)CN(c1cccc(C(F)(F)F)c1)S(=O)(=O)c1ccccc1. The van der Waals surface area contributed by atoms with Crippen molar-refractivity contribution >= 4 is 50.7 Å². The maximum atomic E-state index is 13.9. The van der Waals surface area contributed by atoms with E-state index in [0.29, 0.717) is 15.9 Å². The second kappa shape index (κ2) is 12.9. The average Bonchev–Trinajstić information content (AvgIpc) is 2.92. The molecule has 0 heterocycles. The fourth-order valence-electron chi connectivity index (χ4n) is 4.03. The van der Waals surface area contributed by atoms with Gasteiger partial charge < -0.3 is 10.2 Å². The molecule has 3 aromatic rings. The number of amides is 2. The molecule has 3 rings (SSSR count). The topological polar surface area (TPSA) is 86.8 Å². The van der Waals surface area contributed by atoms with Crippen LogP contribution in [0.2, 0.25) is 10.0 Å². The highest BCUT2D eigenvalue weighted by Gasteiger charge is 2.36. The van der Waals surface area contributed by atoms with Gasteiger partial charge in [0.15, 0.2) is 0 Å². The van der Waals surface area contributed by atoms with Gasteiger partial charge in [-0.3, -0.25) is 13.9 Å². The predicted molar refractivity (Wildman–Crippen MR) is 148 cm³/mol. The van der Waals surface area contributed by atoms with Gasteiger partial charge in [0.25, 0.3) is 10.0 Å². The lowest BCUT2D eigenvalue weighted by Crippen LogP contribution is -2.51. The molecule has 214 valence electrons. The van der Waals surface area contributed by atoms with E-state index in [4.69, 9.17) is 23.2 Å². The summed E-state index contributed by atoms with van der Waals surface area (Å²) >= 11 is 12.6. The number of anilines is 1. The molecular weight excluding hydrogens is 590 g/mol. The number of carbonyl (C=O) groups excluding carboxylic acids is 2. The Labute approximate surface area is 240 Å². The zero-order chi connectivity index (χ0) is 29.7. The van der Waals surface area contributed by atoms with Gasteiger partial charge in [-0.2, -0.15) is 13.2 Å². The van der Waals surface area contributed by atoms with Crippen LogP contribution in [0.25, 0.3) is 0 Å². The summed E-state index contributed by atoms with van der Waals surface area (Å²) in [5, 5.41) is 2.90. The summed E-state index contributed by atoms with van der Waals surface area (Å²) in [5.41, 5.74) is -1.16. The standard InChI is InChI=1S/C27H26Cl2F3N3O4S/c1-3-24(26(37)33-2)34(16-21-22(28)13-8-14-23(21)29)25(36)17-35(40(38,39)20-11-5-4-6-12-20)19-10-7-9-18(15-19)27(30,31)32/h4-15,24H,3,16-17H2,1-2H3,(H,33,37). The molecule has 40 heavy (non-hydrogen) atoms. The van der Waals surface area contributed by atoms with Crippen LogP contribution in [0, 0.1) is 0 Å². The summed E-state index contributed by atoms with van der Waals surface area (Å²) < 4.78 is 68.6. The molecule has 13 heteroatoms. The first-order valence-corrected chi connectivity index (χ1v) is 14.2. The highest BCUT2D eigenvalue weighted by Crippen LogP contribution is 2.34. The molecule has 0 spiro atoms. The zero-order valence-corrected chi connectivity index (χ0v) is 23.8. The van der Waals surface area contributed by atoms with Gasteiger partial charge in [0, 0.05) is 29.2 Å². The van der Waals surface area contributed by atoms with Crippen molar-refractivity contribution in [3.63, 3.8) is 0 Å². The van der Waals surface area contributed by atoms with Crippen LogP contribution in [0.5, 0.6) is 0 Å². The van der Waals surface area contributed by atoms with Crippen molar-refractivity contribution in [2.24, 2.45) is 0 Å². The second-order valence-electron chi connectivity index (χ2n) is 8.63. The van der Waals surface area contributed by atoms with Crippen LogP contribution in [-0.2, 0) is 32.3 Å². The Hall–Kier alpha value is -3.28. The number of nitrogens with zero attached hydrogens (tertiary/aromatic N) is 2. The van der Waals surface area contributed by atoms with Crippen molar-refractivity contribution < 1.29 is 31.2 Å². The highest BCUT2D eigenvalue weighted by atomic mass is 35.5. The Balaban J connectivity index is 2.14. The molecule has 7 nitrogen and oxygen atoms in total. The number of rotatable bonds is 10. The van der Waals surface area contributed by atoms with E-state index in [9.17, 15) is 31.2 Å². The Bertz CT molecular complexity index is 1450. The van der Waals surface area contributed by atoms with E-state index < -0.39 is 46.2 Å². The second-order valence-corrected chi connectivity index (χ2v) is 11.3. The summed E-state index contributed by atoms with van der Waals surface area (Å²) in [7, 11) is -3.15. The van der Waals surface area contributed by atoms with Crippen molar-refractivity contribution in [2.45, 2.75) is 37.0 Å². The van der Waals surface area contributed by atoms with E-state index in [1.54, 1.807) is 31.2 Å². The Kier molecular flexibility index (Phi) is 10.1. The minimum absolute atomic E-state index is 0.141. The minimum atomic E-state index is -4.76. The van der Waals surface area contributed by atoms with Crippen LogP contribution in [0.1, 0.15) is 24.5 Å². The number of hydrogen-bond acceptors (Lipinski definition) is 4. The summed E-state index contributed by atoms with van der Waals surface area (Å²) in [6.45, 7) is 0.485. The molecule has 1 atom stereocenters. The molecule has 1 N–H and O–H groups in total. The molecule has 0 bridgehead atoms. The van der Waals surface area contributed by atoms with Crippen LogP contribution in [0.3, 0.4) is 0 Å². The van der Waals surface area contributed by atoms with E-state index >= 15 is 0 Å². The van der Waals surface area contributed by atoms with Crippen molar-refractivity contribution in [3.8, 4) is 0 Å². The number of likely N-dealkylation sites (N-methyl/N-ethyl adjacent to an activating group) is 1. The largest absolute Gasteiger partial charge is 0.416 e. The van der Waals surface area contributed by atoms with Crippen molar-refractivity contribution in [3.05, 3.63) is 94.0 Å². The maximum Gasteiger partial charge on any atom is 0.416 e. The Morgan fingerprint density at radius 2 is 1.55 bits per heavy atom. The van der Waals surface area contributed by atoms with Crippen LogP contribution < -0.4 is 9.62 Å². The number of benzene rings is 3. The third kappa shape index (κ3) is 7.07. The molecule has 0 aliphatic heterocycles. The fourth-order valence-corrected chi connectivity index (χ4v) is 5.97. The number of carbonyl (C=O) groups is 2. The lowest BCUT2D eigenvalue weighted by Gasteiger charge is -2.33. The number of alkyl halides is 3. The molecule has 0 radical (unpaired) electrons. The van der Waals surface area contributed by atoms with Gasteiger partial charge in [-0.05, 0) is 48.9 Å². The van der Waals surface area contributed by atoms with Gasteiger partial charge in [-0.25, -0.2) is 8.42 Å². The van der Waals surface area contributed by atoms with E-state index in [1.165, 1.54) is 31.3 Å². The number of sulfonamides is 1. The molecule has 0 fully saturated rings. The highest BCUT2D eigenvalue weighted by molar-refractivity contribution is 7.92. The third-order valence-electron chi connectivity index (χ3n) is 6.09. The maximum absolute atomic E-state index is 13.9. The molecule has 0 aliphatic carbocycles. The summed E-state index contributed by atoms with van der Waals surface area (Å²) in [4.78, 5) is 27.5. The lowest BCUT2D eigenvalue weighted by molar-refractivity contribution is -0.140. The molecule has 1 unspecified atom stereocenters. The first-order chi connectivity index (χ1) is 18.8. The molecular formula is C27H26Cl2F3N3O4S. The first-order valence-electron chi connectivity index (χ1n) is 12.0. The Morgan fingerprint density at radius 1 is 0.950 bits per heavy atom. The first kappa shape index (κ1) is 31.3. The van der Waals surface area contributed by atoms with Crippen LogP contribution >= 0.6 is 23.2 Å². The molecule has 0 saturated carbocycles. The van der Waals surface area contributed by atoms with Gasteiger partial charge in [-0.15, -0.1) is 0 Å². The number of nitrogens with one attached hydrogen (secondary N) is 1. The molecule has 0 aromatic heterocycles. The summed E-state index contributed by atoms with van der Waals surface area (Å²) in [6.07, 6.45) is -4.62. The van der Waals surface area contributed by atoms with Crippen LogP contribution in [-0.4, -0.2) is 44.8 Å². The smallest absolute Gasteiger partial charge is 0.357 e. The molecule has 2 amide bonds. The summed E-state index contributed by atoms with van der Waals surface area (Å²) in [6, 6.07) is 14.3. The van der Waals surface area contributed by atoms with Crippen LogP contribution in [0.4, 0.5) is 18.9 Å². The lowest BCUT2D eigenvalue weighted by atomic mass is 10.1. The van der Waals surface area contributed by atoms with E-state index in [1.807, 2.05) is 0 Å². The molecule has 3 aromatic carbocycles. The van der Waals surface area contributed by atoms with Gasteiger partial charge in [0.2, 0.25) is 11.8 Å². The number of halogens is 5. The minimum Gasteiger partial charge on any atom is -0.357 e. The van der Waals surface area contributed by atoms with E-state index in [-0.39, 0.29) is 33.6 Å². The zero-order valence-electron chi connectivity index (χ0n) is 21.5. The van der Waals surface area contributed by atoms with Crippen molar-refractivity contribution in [1.29, 1.82) is 0 Å². The quantitative estimate of drug-likeness (QED) is 0.314. The van der Waals surface area contributed by atoms with Gasteiger partial charge in [-0.1, -0.05) is 60.5 Å². The molecule has 0 saturated heterocycles. The average molecular weight is 616 g/mol. The van der Waals surface area contributed by atoms with Gasteiger partial charge in [0.05, 0.1) is 16.1 Å². The third-order valence-corrected chi connectivity index (χ3v) is 8.59. The van der Waals surface area contributed by atoms with Gasteiger partial charge in [0.1, 0.15) is 12.6 Å². The predicted octanol–water partition coefficient (Wildman–Crippen LogP) is 5.76. The van der Waals surface area contributed by atoms with Crippen LogP contribution in [0.15, 0.2) is 77.7 Å². The monoisotopic (exact) mass is 615 g/mol. The normalized spacial score (nSPS) is 12.5. The number of hydrogen-bond donors (Lipinski definition) is 1.